The molecule has 1 spiro atoms. The second-order valence-electron chi connectivity index (χ2n) is 12.0. The average Bonchev–Trinajstić information content (AvgIpc) is 3.57. The van der Waals surface area contributed by atoms with Crippen LogP contribution in [0.5, 0.6) is 0 Å². The van der Waals surface area contributed by atoms with Crippen molar-refractivity contribution in [1.29, 1.82) is 0 Å². The van der Waals surface area contributed by atoms with Crippen LogP contribution in [0, 0.1) is 0 Å². The molecule has 0 heterocycles. The van der Waals surface area contributed by atoms with Gasteiger partial charge in [0.25, 0.3) is 0 Å². The molecule has 0 atom stereocenters. The molecule has 204 valence electrons. The second kappa shape index (κ2) is 8.69. The predicted octanol–water partition coefficient (Wildman–Crippen LogP) is 11.3. The third kappa shape index (κ3) is 2.89. The predicted molar refractivity (Wildman–Crippen MR) is 185 cm³/mol. The van der Waals surface area contributed by atoms with Crippen LogP contribution in [0.25, 0.3) is 43.4 Å². The molecule has 0 bridgehead atoms. The second-order valence-corrected chi connectivity index (χ2v) is 12.0. The van der Waals surface area contributed by atoms with Gasteiger partial charge in [0.15, 0.2) is 0 Å². The topological polar surface area (TPSA) is 3.24 Å². The van der Waals surface area contributed by atoms with E-state index in [2.05, 4.69) is 169 Å². The van der Waals surface area contributed by atoms with Gasteiger partial charge in [0.2, 0.25) is 0 Å². The number of anilines is 3. The van der Waals surface area contributed by atoms with Crippen molar-refractivity contribution in [1.82, 2.24) is 0 Å². The number of para-hydroxylation sites is 2. The Morgan fingerprint density at radius 3 is 1.41 bits per heavy atom. The van der Waals surface area contributed by atoms with Crippen LogP contribution in [0.1, 0.15) is 22.3 Å². The number of fused-ring (bicyclic) bond motifs is 10. The maximum absolute atomic E-state index is 2.47. The van der Waals surface area contributed by atoms with Gasteiger partial charge in [-0.25, -0.2) is 0 Å². The lowest BCUT2D eigenvalue weighted by molar-refractivity contribution is 0.797. The Bertz CT molecular complexity index is 2320. The minimum atomic E-state index is -0.403. The number of hydrogen-bond acceptors (Lipinski definition) is 1. The first-order chi connectivity index (χ1) is 21.9. The van der Waals surface area contributed by atoms with E-state index in [1.54, 1.807) is 0 Å². The van der Waals surface area contributed by atoms with E-state index in [0.29, 0.717) is 0 Å². The van der Waals surface area contributed by atoms with Crippen LogP contribution in [0.2, 0.25) is 0 Å². The summed E-state index contributed by atoms with van der Waals surface area (Å²) in [6, 6.07) is 60.5. The number of nitrogens with zero attached hydrogens (tertiary/aromatic N) is 1. The van der Waals surface area contributed by atoms with E-state index in [0.717, 1.165) is 17.1 Å². The van der Waals surface area contributed by atoms with E-state index in [1.165, 1.54) is 65.7 Å². The van der Waals surface area contributed by atoms with E-state index in [-0.39, 0.29) is 0 Å². The first kappa shape index (κ1) is 23.9. The molecule has 0 fully saturated rings. The van der Waals surface area contributed by atoms with Gasteiger partial charge in [-0.3, -0.25) is 0 Å². The Morgan fingerprint density at radius 1 is 0.318 bits per heavy atom. The molecule has 1 heteroatoms. The molecule has 0 amide bonds. The number of rotatable bonds is 3. The highest BCUT2D eigenvalue weighted by Gasteiger charge is 2.51. The fourth-order valence-corrected chi connectivity index (χ4v) is 8.40. The highest BCUT2D eigenvalue weighted by Crippen LogP contribution is 2.63. The lowest BCUT2D eigenvalue weighted by atomic mass is 9.70. The summed E-state index contributed by atoms with van der Waals surface area (Å²) in [7, 11) is 0. The smallest absolute Gasteiger partial charge is 0.0726 e. The van der Waals surface area contributed by atoms with Gasteiger partial charge in [-0.15, -0.1) is 0 Å². The van der Waals surface area contributed by atoms with Crippen LogP contribution in [0.4, 0.5) is 17.1 Å². The molecule has 8 aromatic rings. The normalized spacial score (nSPS) is 13.6. The summed E-state index contributed by atoms with van der Waals surface area (Å²) in [6.45, 7) is 0. The number of benzene rings is 8. The van der Waals surface area contributed by atoms with Crippen molar-refractivity contribution < 1.29 is 0 Å². The molecule has 10 rings (SSSR count). The molecule has 44 heavy (non-hydrogen) atoms. The van der Waals surface area contributed by atoms with Gasteiger partial charge in [0.1, 0.15) is 0 Å². The van der Waals surface area contributed by atoms with Gasteiger partial charge in [-0.1, -0.05) is 127 Å². The zero-order valence-electron chi connectivity index (χ0n) is 24.0. The summed E-state index contributed by atoms with van der Waals surface area (Å²) in [5.41, 5.74) is 11.2. The summed E-state index contributed by atoms with van der Waals surface area (Å²) in [4.78, 5) is 2.38. The van der Waals surface area contributed by atoms with Crippen molar-refractivity contribution in [3.05, 3.63) is 186 Å². The van der Waals surface area contributed by atoms with E-state index in [9.17, 15) is 0 Å². The highest BCUT2D eigenvalue weighted by molar-refractivity contribution is 6.29. The van der Waals surface area contributed by atoms with Crippen LogP contribution in [0.3, 0.4) is 0 Å². The first-order valence-electron chi connectivity index (χ1n) is 15.4. The molecule has 0 radical (unpaired) electrons. The van der Waals surface area contributed by atoms with Gasteiger partial charge in [-0.2, -0.15) is 0 Å². The molecule has 0 aliphatic heterocycles. The van der Waals surface area contributed by atoms with E-state index < -0.39 is 5.41 Å². The fraction of sp³-hybridized carbons (Fsp3) is 0.0233. The standard InChI is InChI=1S/C43H27N/c1-3-13-28(14-4-1)44(29-15-5-2-6-16-29)30-25-26-34-33-19-9-10-22-37(33)43(40(34)27-30)38-23-11-20-35-31-17-7-8-18-32(31)36-21-12-24-39(43)42(36)41(35)38/h1-27H. The summed E-state index contributed by atoms with van der Waals surface area (Å²) >= 11 is 0. The van der Waals surface area contributed by atoms with Crippen LogP contribution in [0.15, 0.2) is 164 Å². The highest BCUT2D eigenvalue weighted by atomic mass is 15.1. The molecule has 8 aromatic carbocycles. The van der Waals surface area contributed by atoms with Gasteiger partial charge in [0.05, 0.1) is 5.41 Å². The van der Waals surface area contributed by atoms with Crippen LogP contribution in [-0.4, -0.2) is 0 Å². The Labute approximate surface area is 256 Å². The van der Waals surface area contributed by atoms with E-state index in [4.69, 9.17) is 0 Å². The summed E-state index contributed by atoms with van der Waals surface area (Å²) < 4.78 is 0. The molecule has 2 aliphatic carbocycles. The van der Waals surface area contributed by atoms with Crippen molar-refractivity contribution in [2.75, 3.05) is 4.90 Å². The summed E-state index contributed by atoms with van der Waals surface area (Å²) in [6.07, 6.45) is 0. The largest absolute Gasteiger partial charge is 0.310 e. The van der Waals surface area contributed by atoms with Crippen LogP contribution in [-0.2, 0) is 5.41 Å². The Morgan fingerprint density at radius 2 is 0.795 bits per heavy atom. The van der Waals surface area contributed by atoms with Crippen LogP contribution < -0.4 is 4.90 Å². The molecule has 0 saturated heterocycles. The molecule has 2 aliphatic rings. The minimum absolute atomic E-state index is 0.403. The third-order valence-corrected chi connectivity index (χ3v) is 10.0. The monoisotopic (exact) mass is 557 g/mol. The Hall–Kier alpha value is -5.66. The zero-order valence-corrected chi connectivity index (χ0v) is 24.0. The molecule has 0 N–H and O–H groups in total. The van der Waals surface area contributed by atoms with Crippen molar-refractivity contribution in [2.24, 2.45) is 0 Å². The van der Waals surface area contributed by atoms with Crippen molar-refractivity contribution in [3.8, 4) is 11.1 Å². The Kier molecular flexibility index (Phi) is 4.71. The summed E-state index contributed by atoms with van der Waals surface area (Å²) in [5.74, 6) is 0. The van der Waals surface area contributed by atoms with Gasteiger partial charge >= 0.3 is 0 Å². The van der Waals surface area contributed by atoms with E-state index in [1.807, 2.05) is 0 Å². The van der Waals surface area contributed by atoms with Gasteiger partial charge in [-0.05, 0) is 102 Å². The van der Waals surface area contributed by atoms with Crippen molar-refractivity contribution in [3.63, 3.8) is 0 Å². The molecule has 1 nitrogen and oxygen atoms in total. The van der Waals surface area contributed by atoms with E-state index >= 15 is 0 Å². The lowest BCUT2D eigenvalue weighted by Crippen LogP contribution is -2.26. The average molecular weight is 558 g/mol. The SMILES string of the molecule is c1ccc(N(c2ccccc2)c2ccc3c(c2)C2(c4ccccc4-3)c3cccc4c5ccccc5c5cccc2c5c34)cc1. The van der Waals surface area contributed by atoms with Crippen molar-refractivity contribution in [2.45, 2.75) is 5.41 Å². The fourth-order valence-electron chi connectivity index (χ4n) is 8.40. The van der Waals surface area contributed by atoms with Gasteiger partial charge in [0, 0.05) is 17.1 Å². The first-order valence-corrected chi connectivity index (χ1v) is 15.4. The lowest BCUT2D eigenvalue weighted by Gasteiger charge is -2.32. The molecular weight excluding hydrogens is 530 g/mol. The maximum Gasteiger partial charge on any atom is 0.0726 e. The minimum Gasteiger partial charge on any atom is -0.310 e. The van der Waals surface area contributed by atoms with Crippen LogP contribution >= 0.6 is 0 Å². The maximum atomic E-state index is 2.47. The zero-order chi connectivity index (χ0) is 28.8. The van der Waals surface area contributed by atoms with Crippen molar-refractivity contribution >= 4 is 49.4 Å². The molecule has 0 unspecified atom stereocenters. The molecule has 0 aromatic heterocycles. The summed E-state index contributed by atoms with van der Waals surface area (Å²) in [5, 5.41) is 8.12. The molecule has 0 saturated carbocycles. The molecular formula is C43H27N. The number of hydrogen-bond donors (Lipinski definition) is 0. The van der Waals surface area contributed by atoms with Gasteiger partial charge < -0.3 is 4.90 Å². The third-order valence-electron chi connectivity index (χ3n) is 10.0. The quantitative estimate of drug-likeness (QED) is 0.195. The Balaban J connectivity index is 1.35.